The standard InChI is InChI=1S/C9H11BrO2S/c1-5(9(11)12)3-7-4-8(10)6(2)13-7/h4-5H,3H2,1-2H3,(H,11,12). The van der Waals surface area contributed by atoms with Crippen LogP contribution in [0, 0.1) is 12.8 Å². The van der Waals surface area contributed by atoms with Crippen molar-refractivity contribution in [2.45, 2.75) is 20.3 Å². The predicted molar refractivity (Wildman–Crippen MR) is 57.3 cm³/mol. The Morgan fingerprint density at radius 1 is 1.77 bits per heavy atom. The molecule has 0 saturated heterocycles. The van der Waals surface area contributed by atoms with Crippen molar-refractivity contribution in [3.8, 4) is 0 Å². The second kappa shape index (κ2) is 4.24. The van der Waals surface area contributed by atoms with E-state index in [1.165, 1.54) is 4.88 Å². The van der Waals surface area contributed by atoms with Crippen LogP contribution in [0.1, 0.15) is 16.7 Å². The van der Waals surface area contributed by atoms with Gasteiger partial charge in [0, 0.05) is 14.2 Å². The number of hydrogen-bond acceptors (Lipinski definition) is 2. The summed E-state index contributed by atoms with van der Waals surface area (Å²) in [5.74, 6) is -1.04. The summed E-state index contributed by atoms with van der Waals surface area (Å²) in [4.78, 5) is 12.9. The highest BCUT2D eigenvalue weighted by Crippen LogP contribution is 2.27. The van der Waals surface area contributed by atoms with E-state index in [-0.39, 0.29) is 5.92 Å². The fraction of sp³-hybridized carbons (Fsp3) is 0.444. The number of thiophene rings is 1. The molecular weight excluding hydrogens is 252 g/mol. The summed E-state index contributed by atoms with van der Waals surface area (Å²) in [6, 6.07) is 2.00. The molecule has 1 aromatic heterocycles. The van der Waals surface area contributed by atoms with E-state index in [2.05, 4.69) is 15.9 Å². The molecular formula is C9H11BrO2S. The Bertz CT molecular complexity index is 300. The van der Waals surface area contributed by atoms with Gasteiger partial charge in [-0.15, -0.1) is 11.3 Å². The van der Waals surface area contributed by atoms with Gasteiger partial charge in [-0.3, -0.25) is 4.79 Å². The Balaban J connectivity index is 2.69. The smallest absolute Gasteiger partial charge is 0.306 e. The van der Waals surface area contributed by atoms with Crippen LogP contribution in [0.5, 0.6) is 0 Å². The van der Waals surface area contributed by atoms with Crippen molar-refractivity contribution < 1.29 is 9.90 Å². The van der Waals surface area contributed by atoms with E-state index in [0.717, 1.165) is 9.35 Å². The minimum Gasteiger partial charge on any atom is -0.481 e. The van der Waals surface area contributed by atoms with Crippen molar-refractivity contribution in [1.82, 2.24) is 0 Å². The van der Waals surface area contributed by atoms with Crippen molar-refractivity contribution in [2.24, 2.45) is 5.92 Å². The van der Waals surface area contributed by atoms with Gasteiger partial charge in [0.1, 0.15) is 0 Å². The highest BCUT2D eigenvalue weighted by molar-refractivity contribution is 9.10. The Kier molecular flexibility index (Phi) is 3.50. The third-order valence-electron chi connectivity index (χ3n) is 1.84. The topological polar surface area (TPSA) is 37.3 Å². The van der Waals surface area contributed by atoms with E-state index in [1.807, 2.05) is 13.0 Å². The summed E-state index contributed by atoms with van der Waals surface area (Å²) >= 11 is 5.06. The Morgan fingerprint density at radius 3 is 2.77 bits per heavy atom. The minimum atomic E-state index is -0.734. The molecule has 0 spiro atoms. The molecule has 0 aliphatic heterocycles. The summed E-state index contributed by atoms with van der Waals surface area (Å²) < 4.78 is 1.07. The van der Waals surface area contributed by atoms with Crippen molar-refractivity contribution >= 4 is 33.2 Å². The second-order valence-corrected chi connectivity index (χ2v) is 5.26. The van der Waals surface area contributed by atoms with Crippen LogP contribution in [0.3, 0.4) is 0 Å². The third-order valence-corrected chi connectivity index (χ3v) is 4.00. The molecule has 72 valence electrons. The SMILES string of the molecule is Cc1sc(CC(C)C(=O)O)cc1Br. The summed E-state index contributed by atoms with van der Waals surface area (Å²) in [5.41, 5.74) is 0. The lowest BCUT2D eigenvalue weighted by molar-refractivity contribution is -0.141. The highest BCUT2D eigenvalue weighted by atomic mass is 79.9. The van der Waals surface area contributed by atoms with E-state index in [1.54, 1.807) is 18.3 Å². The molecule has 2 nitrogen and oxygen atoms in total. The van der Waals surface area contributed by atoms with E-state index in [9.17, 15) is 4.79 Å². The summed E-state index contributed by atoms with van der Waals surface area (Å²) in [7, 11) is 0. The molecule has 1 heterocycles. The predicted octanol–water partition coefficient (Wildman–Crippen LogP) is 3.08. The molecule has 13 heavy (non-hydrogen) atoms. The maximum absolute atomic E-state index is 10.6. The number of halogens is 1. The molecule has 0 aliphatic carbocycles. The quantitative estimate of drug-likeness (QED) is 0.909. The Morgan fingerprint density at radius 2 is 2.38 bits per heavy atom. The third kappa shape index (κ3) is 2.81. The van der Waals surface area contributed by atoms with Crippen molar-refractivity contribution in [2.75, 3.05) is 0 Å². The zero-order chi connectivity index (χ0) is 10.0. The van der Waals surface area contributed by atoms with Crippen LogP contribution in [0.4, 0.5) is 0 Å². The van der Waals surface area contributed by atoms with Gasteiger partial charge in [0.15, 0.2) is 0 Å². The number of carbonyl (C=O) groups is 1. The second-order valence-electron chi connectivity index (χ2n) is 3.06. The number of carboxylic acid groups (broad SMARTS) is 1. The molecule has 1 rings (SSSR count). The van der Waals surface area contributed by atoms with Crippen LogP contribution in [0.25, 0.3) is 0 Å². The highest BCUT2D eigenvalue weighted by Gasteiger charge is 2.13. The molecule has 0 radical (unpaired) electrons. The average molecular weight is 263 g/mol. The first-order valence-corrected chi connectivity index (χ1v) is 5.59. The average Bonchev–Trinajstić information content (AvgIpc) is 2.31. The number of aliphatic carboxylic acids is 1. The van der Waals surface area contributed by atoms with E-state index < -0.39 is 5.97 Å². The first-order chi connectivity index (χ1) is 6.00. The maximum atomic E-state index is 10.6. The molecule has 1 unspecified atom stereocenters. The van der Waals surface area contributed by atoms with Gasteiger partial charge < -0.3 is 5.11 Å². The molecule has 0 aromatic carbocycles. The summed E-state index contributed by atoms with van der Waals surface area (Å²) in [5, 5.41) is 8.71. The minimum absolute atomic E-state index is 0.301. The number of hydrogen-bond donors (Lipinski definition) is 1. The van der Waals surface area contributed by atoms with Crippen LogP contribution in [0.2, 0.25) is 0 Å². The molecule has 0 bridgehead atoms. The molecule has 0 aliphatic rings. The molecule has 0 fully saturated rings. The van der Waals surface area contributed by atoms with Crippen molar-refractivity contribution in [3.63, 3.8) is 0 Å². The van der Waals surface area contributed by atoms with Crippen molar-refractivity contribution in [3.05, 3.63) is 20.3 Å². The fourth-order valence-electron chi connectivity index (χ4n) is 1.01. The molecule has 1 aromatic rings. The Hall–Kier alpha value is -0.350. The first-order valence-electron chi connectivity index (χ1n) is 3.98. The summed E-state index contributed by atoms with van der Waals surface area (Å²) in [6.07, 6.45) is 0.617. The molecule has 1 atom stereocenters. The zero-order valence-electron chi connectivity index (χ0n) is 7.50. The van der Waals surface area contributed by atoms with E-state index >= 15 is 0 Å². The molecule has 0 saturated carbocycles. The van der Waals surface area contributed by atoms with Crippen LogP contribution < -0.4 is 0 Å². The monoisotopic (exact) mass is 262 g/mol. The van der Waals surface area contributed by atoms with E-state index in [0.29, 0.717) is 6.42 Å². The van der Waals surface area contributed by atoms with Crippen LogP contribution in [-0.4, -0.2) is 11.1 Å². The maximum Gasteiger partial charge on any atom is 0.306 e. The lowest BCUT2D eigenvalue weighted by Gasteiger charge is -2.01. The van der Waals surface area contributed by atoms with Gasteiger partial charge >= 0.3 is 5.97 Å². The molecule has 4 heteroatoms. The van der Waals surface area contributed by atoms with Crippen LogP contribution >= 0.6 is 27.3 Å². The number of rotatable bonds is 3. The molecule has 1 N–H and O–H groups in total. The fourth-order valence-corrected chi connectivity index (χ4v) is 2.74. The normalized spacial score (nSPS) is 12.8. The Labute approximate surface area is 89.7 Å². The lowest BCUT2D eigenvalue weighted by Crippen LogP contribution is -2.11. The van der Waals surface area contributed by atoms with Crippen molar-refractivity contribution in [1.29, 1.82) is 0 Å². The van der Waals surface area contributed by atoms with Gasteiger partial charge in [-0.1, -0.05) is 6.92 Å². The van der Waals surface area contributed by atoms with Gasteiger partial charge in [-0.2, -0.15) is 0 Å². The lowest BCUT2D eigenvalue weighted by atomic mass is 10.1. The van der Waals surface area contributed by atoms with E-state index in [4.69, 9.17) is 5.11 Å². The van der Waals surface area contributed by atoms with Gasteiger partial charge in [-0.05, 0) is 35.3 Å². The molecule has 0 amide bonds. The zero-order valence-corrected chi connectivity index (χ0v) is 9.91. The van der Waals surface area contributed by atoms with Crippen LogP contribution in [0.15, 0.2) is 10.5 Å². The van der Waals surface area contributed by atoms with Gasteiger partial charge in [0.05, 0.1) is 5.92 Å². The van der Waals surface area contributed by atoms with Gasteiger partial charge in [0.25, 0.3) is 0 Å². The van der Waals surface area contributed by atoms with Crippen LogP contribution in [-0.2, 0) is 11.2 Å². The largest absolute Gasteiger partial charge is 0.481 e. The first kappa shape index (κ1) is 10.7. The summed E-state index contributed by atoms with van der Waals surface area (Å²) in [6.45, 7) is 3.75. The van der Waals surface area contributed by atoms with Gasteiger partial charge in [-0.25, -0.2) is 0 Å². The number of carboxylic acids is 1. The van der Waals surface area contributed by atoms with Gasteiger partial charge in [0.2, 0.25) is 0 Å². The number of aryl methyl sites for hydroxylation is 1.